The first kappa shape index (κ1) is 16.1. The summed E-state index contributed by atoms with van der Waals surface area (Å²) in [6, 6.07) is 8.42. The van der Waals surface area contributed by atoms with Gasteiger partial charge >= 0.3 is 0 Å². The van der Waals surface area contributed by atoms with Crippen LogP contribution in [0, 0.1) is 5.82 Å². The fourth-order valence-corrected chi connectivity index (χ4v) is 2.94. The zero-order valence-electron chi connectivity index (χ0n) is 13.4. The predicted octanol–water partition coefficient (Wildman–Crippen LogP) is 1.51. The van der Waals surface area contributed by atoms with Crippen LogP contribution < -0.4 is 0 Å². The van der Waals surface area contributed by atoms with Gasteiger partial charge in [-0.15, -0.1) is 0 Å². The minimum Gasteiger partial charge on any atom is -0.392 e. The Morgan fingerprint density at radius 3 is 2.61 bits per heavy atom. The van der Waals surface area contributed by atoms with E-state index in [9.17, 15) is 9.50 Å². The minimum atomic E-state index is -0.275. The molecule has 124 valence electrons. The largest absolute Gasteiger partial charge is 0.392 e. The van der Waals surface area contributed by atoms with Crippen LogP contribution in [-0.4, -0.2) is 63.5 Å². The molecule has 1 atom stereocenters. The van der Waals surface area contributed by atoms with Crippen molar-refractivity contribution in [2.45, 2.75) is 19.6 Å². The highest BCUT2D eigenvalue weighted by atomic mass is 19.1. The van der Waals surface area contributed by atoms with Crippen molar-refractivity contribution in [1.29, 1.82) is 0 Å². The summed E-state index contributed by atoms with van der Waals surface area (Å²) in [6.45, 7) is 7.24. The van der Waals surface area contributed by atoms with Gasteiger partial charge in [-0.05, 0) is 31.2 Å². The highest BCUT2D eigenvalue weighted by Crippen LogP contribution is 2.12. The second kappa shape index (κ2) is 7.21. The van der Waals surface area contributed by atoms with Crippen molar-refractivity contribution in [3.63, 3.8) is 0 Å². The van der Waals surface area contributed by atoms with E-state index < -0.39 is 0 Å². The SMILES string of the molecule is C[C@@H](O)CN1CCN(Cc2ccn(-c3cccc(F)c3)n2)CC1. The van der Waals surface area contributed by atoms with E-state index >= 15 is 0 Å². The summed E-state index contributed by atoms with van der Waals surface area (Å²) in [5.41, 5.74) is 1.72. The molecular weight excluding hydrogens is 295 g/mol. The lowest BCUT2D eigenvalue weighted by atomic mass is 10.2. The van der Waals surface area contributed by atoms with E-state index in [1.807, 2.05) is 25.3 Å². The van der Waals surface area contributed by atoms with Gasteiger partial charge in [-0.3, -0.25) is 9.80 Å². The van der Waals surface area contributed by atoms with Crippen LogP contribution >= 0.6 is 0 Å². The Morgan fingerprint density at radius 1 is 1.17 bits per heavy atom. The fraction of sp³-hybridized carbons (Fsp3) is 0.471. The van der Waals surface area contributed by atoms with Crippen molar-refractivity contribution in [3.8, 4) is 5.69 Å². The van der Waals surface area contributed by atoms with Crippen LogP contribution in [0.25, 0.3) is 5.69 Å². The Bertz CT molecular complexity index is 635. The number of rotatable bonds is 5. The molecule has 0 bridgehead atoms. The number of hydrogen-bond acceptors (Lipinski definition) is 4. The Morgan fingerprint density at radius 2 is 1.91 bits per heavy atom. The molecule has 0 unspecified atom stereocenters. The third-order valence-electron chi connectivity index (χ3n) is 4.09. The lowest BCUT2D eigenvalue weighted by Crippen LogP contribution is -2.47. The van der Waals surface area contributed by atoms with Crippen molar-refractivity contribution in [3.05, 3.63) is 48.0 Å². The lowest BCUT2D eigenvalue weighted by Gasteiger charge is -2.34. The van der Waals surface area contributed by atoms with Gasteiger partial charge in [-0.1, -0.05) is 6.07 Å². The third-order valence-corrected chi connectivity index (χ3v) is 4.09. The van der Waals surface area contributed by atoms with Crippen LogP contribution in [0.2, 0.25) is 0 Å². The van der Waals surface area contributed by atoms with Crippen LogP contribution in [-0.2, 0) is 6.54 Å². The van der Waals surface area contributed by atoms with E-state index in [0.717, 1.165) is 50.6 Å². The van der Waals surface area contributed by atoms with Gasteiger partial charge in [-0.2, -0.15) is 5.10 Å². The number of hydrogen-bond donors (Lipinski definition) is 1. The summed E-state index contributed by atoms with van der Waals surface area (Å²) in [6.07, 6.45) is 1.59. The summed E-state index contributed by atoms with van der Waals surface area (Å²) in [7, 11) is 0. The van der Waals surface area contributed by atoms with Crippen molar-refractivity contribution in [1.82, 2.24) is 19.6 Å². The van der Waals surface area contributed by atoms with E-state index in [4.69, 9.17) is 0 Å². The van der Waals surface area contributed by atoms with E-state index in [1.54, 1.807) is 10.7 Å². The average Bonchev–Trinajstić information content (AvgIpc) is 2.97. The summed E-state index contributed by atoms with van der Waals surface area (Å²) in [5.74, 6) is -0.256. The maximum absolute atomic E-state index is 13.3. The highest BCUT2D eigenvalue weighted by molar-refractivity contribution is 5.31. The van der Waals surface area contributed by atoms with Crippen molar-refractivity contribution >= 4 is 0 Å². The monoisotopic (exact) mass is 318 g/mol. The third kappa shape index (κ3) is 4.37. The van der Waals surface area contributed by atoms with Gasteiger partial charge in [0.15, 0.2) is 0 Å². The van der Waals surface area contributed by atoms with Gasteiger partial charge in [0.2, 0.25) is 0 Å². The Balaban J connectivity index is 1.56. The van der Waals surface area contributed by atoms with Crippen molar-refractivity contribution < 1.29 is 9.50 Å². The molecule has 1 aliphatic rings. The summed E-state index contributed by atoms with van der Waals surface area (Å²) >= 11 is 0. The van der Waals surface area contributed by atoms with Crippen molar-refractivity contribution in [2.75, 3.05) is 32.7 Å². The molecule has 1 aromatic carbocycles. The summed E-state index contributed by atoms with van der Waals surface area (Å²) in [4.78, 5) is 4.64. The molecular formula is C17H23FN4O. The lowest BCUT2D eigenvalue weighted by molar-refractivity contribution is 0.0776. The van der Waals surface area contributed by atoms with Crippen LogP contribution in [0.3, 0.4) is 0 Å². The molecule has 0 saturated carbocycles. The number of nitrogens with zero attached hydrogens (tertiary/aromatic N) is 4. The Labute approximate surface area is 135 Å². The van der Waals surface area contributed by atoms with Gasteiger partial charge in [0.05, 0.1) is 17.5 Å². The molecule has 1 fully saturated rings. The molecule has 23 heavy (non-hydrogen) atoms. The van der Waals surface area contributed by atoms with Crippen molar-refractivity contribution in [2.24, 2.45) is 0 Å². The Hall–Kier alpha value is -1.76. The first-order valence-corrected chi connectivity index (χ1v) is 8.03. The number of piperazine rings is 1. The molecule has 1 aromatic heterocycles. The van der Waals surface area contributed by atoms with Gasteiger partial charge in [0, 0.05) is 45.5 Å². The minimum absolute atomic E-state index is 0.256. The quantitative estimate of drug-likeness (QED) is 0.908. The highest BCUT2D eigenvalue weighted by Gasteiger charge is 2.18. The number of aliphatic hydroxyl groups is 1. The number of aromatic nitrogens is 2. The maximum Gasteiger partial charge on any atom is 0.125 e. The van der Waals surface area contributed by atoms with E-state index in [1.165, 1.54) is 12.1 Å². The number of benzene rings is 1. The summed E-state index contributed by atoms with van der Waals surface area (Å²) in [5, 5.41) is 14.0. The van der Waals surface area contributed by atoms with E-state index in [0.29, 0.717) is 0 Å². The fourth-order valence-electron chi connectivity index (χ4n) is 2.94. The smallest absolute Gasteiger partial charge is 0.125 e. The molecule has 0 radical (unpaired) electrons. The van der Waals surface area contributed by atoms with E-state index in [-0.39, 0.29) is 11.9 Å². The molecule has 3 rings (SSSR count). The number of halogens is 1. The van der Waals surface area contributed by atoms with Gasteiger partial charge in [0.25, 0.3) is 0 Å². The van der Waals surface area contributed by atoms with Crippen LogP contribution in [0.15, 0.2) is 36.5 Å². The van der Waals surface area contributed by atoms with Gasteiger partial charge in [-0.25, -0.2) is 9.07 Å². The topological polar surface area (TPSA) is 44.5 Å². The number of aliphatic hydroxyl groups excluding tert-OH is 1. The first-order chi connectivity index (χ1) is 11.1. The molecule has 0 spiro atoms. The molecule has 0 aliphatic carbocycles. The zero-order chi connectivity index (χ0) is 16.2. The summed E-state index contributed by atoms with van der Waals surface area (Å²) < 4.78 is 15.0. The molecule has 6 heteroatoms. The molecule has 2 aromatic rings. The zero-order valence-corrected chi connectivity index (χ0v) is 13.4. The predicted molar refractivity (Wildman–Crippen MR) is 86.9 cm³/mol. The van der Waals surface area contributed by atoms with Crippen LogP contribution in [0.4, 0.5) is 4.39 Å². The molecule has 0 amide bonds. The van der Waals surface area contributed by atoms with Gasteiger partial charge < -0.3 is 5.11 Å². The average molecular weight is 318 g/mol. The molecule has 5 nitrogen and oxygen atoms in total. The molecule has 1 N–H and O–H groups in total. The molecule has 1 saturated heterocycles. The maximum atomic E-state index is 13.3. The first-order valence-electron chi connectivity index (χ1n) is 8.03. The van der Waals surface area contributed by atoms with Crippen LogP contribution in [0.1, 0.15) is 12.6 Å². The molecule has 2 heterocycles. The van der Waals surface area contributed by atoms with E-state index in [2.05, 4.69) is 14.9 Å². The van der Waals surface area contributed by atoms with Crippen LogP contribution in [0.5, 0.6) is 0 Å². The number of β-amino-alcohol motifs (C(OH)–C–C–N with tert-alkyl or cyclic N) is 1. The second-order valence-corrected chi connectivity index (χ2v) is 6.16. The Kier molecular flexibility index (Phi) is 5.05. The van der Waals surface area contributed by atoms with Gasteiger partial charge in [0.1, 0.15) is 5.82 Å². The second-order valence-electron chi connectivity index (χ2n) is 6.16. The standard InChI is InChI=1S/C17H23FN4O/c1-14(23)12-20-7-9-21(10-8-20)13-16-5-6-22(19-16)17-4-2-3-15(18)11-17/h2-6,11,14,23H,7-10,12-13H2,1H3/t14-/m1/s1. The molecule has 1 aliphatic heterocycles. The normalized spacial score (nSPS) is 18.2.